The van der Waals surface area contributed by atoms with Crippen LogP contribution in [-0.2, 0) is 11.3 Å². The molecule has 1 aliphatic rings. The molecule has 0 aliphatic carbocycles. The summed E-state index contributed by atoms with van der Waals surface area (Å²) in [6, 6.07) is 5.88. The number of likely N-dealkylation sites (tertiary alicyclic amines) is 1. The molecule has 7 nitrogen and oxygen atoms in total. The van der Waals surface area contributed by atoms with Crippen LogP contribution in [0, 0.1) is 5.92 Å². The second-order valence-electron chi connectivity index (χ2n) is 6.40. The quantitative estimate of drug-likeness (QED) is 0.594. The summed E-state index contributed by atoms with van der Waals surface area (Å²) < 4.78 is 10.6. The van der Waals surface area contributed by atoms with Gasteiger partial charge in [-0.1, -0.05) is 6.07 Å². The van der Waals surface area contributed by atoms with E-state index in [4.69, 9.17) is 9.47 Å². The molecule has 1 aliphatic heterocycles. The maximum Gasteiger partial charge on any atom is 0.220 e. The summed E-state index contributed by atoms with van der Waals surface area (Å²) in [4.78, 5) is 18.2. The summed E-state index contributed by atoms with van der Waals surface area (Å²) in [5.41, 5.74) is 1.10. The van der Waals surface area contributed by atoms with Crippen molar-refractivity contribution < 1.29 is 14.3 Å². The Kier molecular flexibility index (Phi) is 7.56. The Bertz CT molecular complexity index is 625. The number of guanidine groups is 1. The average Bonchev–Trinajstić information content (AvgIpc) is 2.69. The highest BCUT2D eigenvalue weighted by Crippen LogP contribution is 2.27. The molecule has 0 saturated carbocycles. The molecule has 0 radical (unpaired) electrons. The van der Waals surface area contributed by atoms with E-state index in [1.165, 1.54) is 0 Å². The molecule has 2 N–H and O–H groups in total. The van der Waals surface area contributed by atoms with Crippen molar-refractivity contribution in [1.29, 1.82) is 0 Å². The summed E-state index contributed by atoms with van der Waals surface area (Å²) in [6.45, 7) is 2.48. The number of aliphatic imine (C=N–C) groups is 1. The monoisotopic (exact) mass is 362 g/mol. The fourth-order valence-electron chi connectivity index (χ4n) is 3.22. The van der Waals surface area contributed by atoms with Gasteiger partial charge in [-0.2, -0.15) is 0 Å². The Balaban J connectivity index is 1.88. The summed E-state index contributed by atoms with van der Waals surface area (Å²) in [6.07, 6.45) is 2.62. The third kappa shape index (κ3) is 5.28. The Morgan fingerprint density at radius 2 is 1.92 bits per heavy atom. The minimum atomic E-state index is 0.124. The van der Waals surface area contributed by atoms with Crippen LogP contribution in [0.2, 0.25) is 0 Å². The van der Waals surface area contributed by atoms with Gasteiger partial charge in [0, 0.05) is 40.2 Å². The number of ether oxygens (including phenoxy) is 2. The van der Waals surface area contributed by atoms with E-state index >= 15 is 0 Å². The van der Waals surface area contributed by atoms with Crippen molar-refractivity contribution in [2.45, 2.75) is 25.8 Å². The number of rotatable bonds is 6. The Morgan fingerprint density at radius 1 is 1.23 bits per heavy atom. The van der Waals surface area contributed by atoms with E-state index in [2.05, 4.69) is 20.5 Å². The minimum Gasteiger partial charge on any atom is -0.493 e. The Labute approximate surface area is 155 Å². The standard InChI is InChI=1S/C19H30N4O3/c1-20-18(24)12-14-7-9-23(10-8-14)19(21-2)22-13-15-5-6-16(25-3)17(11-15)26-4/h5-6,11,14H,7-10,12-13H2,1-4H3,(H,20,24)(H,21,22). The molecule has 26 heavy (non-hydrogen) atoms. The molecule has 1 heterocycles. The van der Waals surface area contributed by atoms with Crippen molar-refractivity contribution in [2.75, 3.05) is 41.4 Å². The summed E-state index contributed by atoms with van der Waals surface area (Å²) in [5.74, 6) is 2.91. The van der Waals surface area contributed by atoms with Gasteiger partial charge in [0.2, 0.25) is 5.91 Å². The number of carbonyl (C=O) groups excluding carboxylic acids is 1. The van der Waals surface area contributed by atoms with Gasteiger partial charge >= 0.3 is 0 Å². The molecule has 1 aromatic rings. The molecule has 144 valence electrons. The van der Waals surface area contributed by atoms with Gasteiger partial charge < -0.3 is 25.0 Å². The molecule has 7 heteroatoms. The van der Waals surface area contributed by atoms with Gasteiger partial charge in [0.25, 0.3) is 0 Å². The first kappa shape index (κ1) is 19.9. The van der Waals surface area contributed by atoms with E-state index in [1.807, 2.05) is 18.2 Å². The van der Waals surface area contributed by atoms with Crippen LogP contribution in [0.1, 0.15) is 24.8 Å². The van der Waals surface area contributed by atoms with Crippen molar-refractivity contribution in [2.24, 2.45) is 10.9 Å². The second-order valence-corrected chi connectivity index (χ2v) is 6.40. The summed E-state index contributed by atoms with van der Waals surface area (Å²) in [7, 11) is 6.76. The lowest BCUT2D eigenvalue weighted by Gasteiger charge is -2.34. The van der Waals surface area contributed by atoms with Gasteiger partial charge in [-0.15, -0.1) is 0 Å². The number of nitrogens with one attached hydrogen (secondary N) is 2. The second kappa shape index (κ2) is 9.89. The Hall–Kier alpha value is -2.44. The van der Waals surface area contributed by atoms with Crippen LogP contribution in [0.4, 0.5) is 0 Å². The molecule has 1 aromatic carbocycles. The van der Waals surface area contributed by atoms with Crippen molar-refractivity contribution >= 4 is 11.9 Å². The molecule has 0 bridgehead atoms. The number of amides is 1. The van der Waals surface area contributed by atoms with Gasteiger partial charge in [0.05, 0.1) is 14.2 Å². The maximum absolute atomic E-state index is 11.5. The highest BCUT2D eigenvalue weighted by molar-refractivity contribution is 5.80. The molecule has 2 rings (SSSR count). The van der Waals surface area contributed by atoms with Crippen LogP contribution in [0.15, 0.2) is 23.2 Å². The van der Waals surface area contributed by atoms with Gasteiger partial charge in [0.15, 0.2) is 17.5 Å². The van der Waals surface area contributed by atoms with Crippen LogP contribution < -0.4 is 20.1 Å². The third-order valence-electron chi connectivity index (χ3n) is 4.78. The number of benzene rings is 1. The lowest BCUT2D eigenvalue weighted by Crippen LogP contribution is -2.45. The van der Waals surface area contributed by atoms with E-state index in [9.17, 15) is 4.79 Å². The lowest BCUT2D eigenvalue weighted by atomic mass is 9.93. The van der Waals surface area contributed by atoms with Crippen LogP contribution in [0.25, 0.3) is 0 Å². The zero-order chi connectivity index (χ0) is 18.9. The molecule has 1 amide bonds. The van der Waals surface area contributed by atoms with E-state index in [0.29, 0.717) is 18.9 Å². The molecule has 0 atom stereocenters. The fourth-order valence-corrected chi connectivity index (χ4v) is 3.22. The SMILES string of the molecule is CN=C(NCc1ccc(OC)c(OC)c1)N1CCC(CC(=O)NC)CC1. The number of hydrogen-bond acceptors (Lipinski definition) is 4. The Morgan fingerprint density at radius 3 is 2.50 bits per heavy atom. The van der Waals surface area contributed by atoms with Crippen LogP contribution >= 0.6 is 0 Å². The van der Waals surface area contributed by atoms with E-state index in [1.54, 1.807) is 28.3 Å². The van der Waals surface area contributed by atoms with Crippen molar-refractivity contribution in [3.63, 3.8) is 0 Å². The molecule has 0 aromatic heterocycles. The van der Waals surface area contributed by atoms with E-state index < -0.39 is 0 Å². The lowest BCUT2D eigenvalue weighted by molar-refractivity contribution is -0.121. The number of piperidine rings is 1. The van der Waals surface area contributed by atoms with Gasteiger partial charge in [-0.3, -0.25) is 9.79 Å². The highest BCUT2D eigenvalue weighted by atomic mass is 16.5. The first-order valence-corrected chi connectivity index (χ1v) is 8.98. The number of carbonyl (C=O) groups is 1. The smallest absolute Gasteiger partial charge is 0.220 e. The largest absolute Gasteiger partial charge is 0.493 e. The first-order chi connectivity index (χ1) is 12.6. The molecular weight excluding hydrogens is 332 g/mol. The normalized spacial score (nSPS) is 15.5. The number of methoxy groups -OCH3 is 2. The zero-order valence-electron chi connectivity index (χ0n) is 16.2. The van der Waals surface area contributed by atoms with Gasteiger partial charge in [-0.05, 0) is 36.5 Å². The topological polar surface area (TPSA) is 75.2 Å². The first-order valence-electron chi connectivity index (χ1n) is 8.98. The number of hydrogen-bond donors (Lipinski definition) is 2. The van der Waals surface area contributed by atoms with E-state index in [-0.39, 0.29) is 5.91 Å². The summed E-state index contributed by atoms with van der Waals surface area (Å²) in [5, 5.41) is 6.12. The van der Waals surface area contributed by atoms with Crippen LogP contribution in [0.3, 0.4) is 0 Å². The molecular formula is C19H30N4O3. The van der Waals surface area contributed by atoms with Crippen molar-refractivity contribution in [3.8, 4) is 11.5 Å². The number of nitrogens with zero attached hydrogens (tertiary/aromatic N) is 2. The van der Waals surface area contributed by atoms with Crippen molar-refractivity contribution in [1.82, 2.24) is 15.5 Å². The van der Waals surface area contributed by atoms with E-state index in [0.717, 1.165) is 49.0 Å². The van der Waals surface area contributed by atoms with Crippen molar-refractivity contribution in [3.05, 3.63) is 23.8 Å². The van der Waals surface area contributed by atoms with Gasteiger partial charge in [0.1, 0.15) is 0 Å². The molecule has 0 spiro atoms. The predicted molar refractivity (Wildman–Crippen MR) is 103 cm³/mol. The highest BCUT2D eigenvalue weighted by Gasteiger charge is 2.23. The van der Waals surface area contributed by atoms with Crippen LogP contribution in [-0.4, -0.2) is 58.2 Å². The average molecular weight is 362 g/mol. The molecule has 1 saturated heterocycles. The summed E-state index contributed by atoms with van der Waals surface area (Å²) >= 11 is 0. The third-order valence-corrected chi connectivity index (χ3v) is 4.78. The minimum absolute atomic E-state index is 0.124. The van der Waals surface area contributed by atoms with Crippen LogP contribution in [0.5, 0.6) is 11.5 Å². The predicted octanol–water partition coefficient (Wildman–Crippen LogP) is 1.63. The molecule has 0 unspecified atom stereocenters. The fraction of sp³-hybridized carbons (Fsp3) is 0.579. The maximum atomic E-state index is 11.5. The van der Waals surface area contributed by atoms with Gasteiger partial charge in [-0.25, -0.2) is 0 Å². The zero-order valence-corrected chi connectivity index (χ0v) is 16.2. The molecule has 1 fully saturated rings.